The maximum Gasteiger partial charge on any atom is 0.0591 e. The molecule has 0 fully saturated rings. The van der Waals surface area contributed by atoms with Gasteiger partial charge in [-0.3, -0.25) is 0 Å². The van der Waals surface area contributed by atoms with E-state index in [9.17, 15) is 0 Å². The maximum absolute atomic E-state index is 5.71. The Morgan fingerprint density at radius 2 is 0.645 bits per heavy atom. The Hall–Kier alpha value is -0.120. The van der Waals surface area contributed by atoms with Crippen molar-refractivity contribution in [3.8, 4) is 0 Å². The highest BCUT2D eigenvalue weighted by Gasteiger charge is 1.95. The summed E-state index contributed by atoms with van der Waals surface area (Å²) in [5.74, 6) is 0. The van der Waals surface area contributed by atoms with Crippen molar-refractivity contribution in [3.63, 3.8) is 0 Å². The van der Waals surface area contributed by atoms with Gasteiger partial charge in [0.2, 0.25) is 0 Å². The smallest absolute Gasteiger partial charge is 0.0591 e. The zero-order valence-electron chi connectivity index (χ0n) is 21.8. The number of nitrogens with one attached hydrogen (secondary N) is 2. The van der Waals surface area contributed by atoms with Crippen molar-refractivity contribution in [2.24, 2.45) is 0 Å². The standard InChI is InChI=1S/C28H60N2O/c1-3-5-7-9-11-13-15-17-19-21-23-29-25-27-31-28-26-30-24-22-20-18-16-14-12-10-8-6-4-2/h29-30H,3-28H2,1-2H3. The molecule has 2 N–H and O–H groups in total. The lowest BCUT2D eigenvalue weighted by molar-refractivity contribution is 0.137. The molecule has 0 heterocycles. The van der Waals surface area contributed by atoms with Crippen LogP contribution >= 0.6 is 0 Å². The van der Waals surface area contributed by atoms with Gasteiger partial charge in [0.15, 0.2) is 0 Å². The van der Waals surface area contributed by atoms with Crippen molar-refractivity contribution in [3.05, 3.63) is 0 Å². The molecule has 0 aromatic heterocycles. The molecule has 0 bridgehead atoms. The Labute approximate surface area is 197 Å². The van der Waals surface area contributed by atoms with Crippen molar-refractivity contribution in [2.75, 3.05) is 39.4 Å². The number of hydrogen-bond donors (Lipinski definition) is 2. The normalized spacial score (nSPS) is 11.4. The molecule has 0 aliphatic rings. The van der Waals surface area contributed by atoms with E-state index < -0.39 is 0 Å². The first-order valence-corrected chi connectivity index (χ1v) is 14.4. The largest absolute Gasteiger partial charge is 0.379 e. The monoisotopic (exact) mass is 440 g/mol. The van der Waals surface area contributed by atoms with Crippen LogP contribution in [0.2, 0.25) is 0 Å². The summed E-state index contributed by atoms with van der Waals surface area (Å²) in [7, 11) is 0. The molecule has 0 aromatic rings. The minimum absolute atomic E-state index is 0.845. The average molecular weight is 441 g/mol. The van der Waals surface area contributed by atoms with E-state index in [0.717, 1.165) is 39.4 Å². The first-order chi connectivity index (χ1) is 15.4. The van der Waals surface area contributed by atoms with Gasteiger partial charge in [-0.25, -0.2) is 0 Å². The predicted molar refractivity (Wildman–Crippen MR) is 140 cm³/mol. The van der Waals surface area contributed by atoms with Crippen LogP contribution in [0.5, 0.6) is 0 Å². The molecular formula is C28H60N2O. The van der Waals surface area contributed by atoms with E-state index in [1.165, 1.54) is 128 Å². The topological polar surface area (TPSA) is 33.3 Å². The van der Waals surface area contributed by atoms with Gasteiger partial charge in [0, 0.05) is 13.1 Å². The Bertz CT molecular complexity index is 271. The Kier molecular flexibility index (Phi) is 29.8. The summed E-state index contributed by atoms with van der Waals surface area (Å²) in [6.07, 6.45) is 28.2. The van der Waals surface area contributed by atoms with Crippen LogP contribution in [0.25, 0.3) is 0 Å². The molecule has 188 valence electrons. The summed E-state index contributed by atoms with van der Waals surface area (Å²) in [6.45, 7) is 10.6. The summed E-state index contributed by atoms with van der Waals surface area (Å²) in [5.41, 5.74) is 0. The first kappa shape index (κ1) is 30.9. The third-order valence-corrected chi connectivity index (χ3v) is 6.26. The molecule has 3 heteroatoms. The van der Waals surface area contributed by atoms with Crippen LogP contribution < -0.4 is 10.6 Å². The van der Waals surface area contributed by atoms with Crippen LogP contribution in [-0.4, -0.2) is 39.4 Å². The first-order valence-electron chi connectivity index (χ1n) is 14.4. The second kappa shape index (κ2) is 29.9. The lowest BCUT2D eigenvalue weighted by Crippen LogP contribution is -2.24. The summed E-state index contributed by atoms with van der Waals surface area (Å²) in [6, 6.07) is 0. The fraction of sp³-hybridized carbons (Fsp3) is 1.00. The zero-order chi connectivity index (χ0) is 22.5. The molecule has 0 radical (unpaired) electrons. The van der Waals surface area contributed by atoms with Gasteiger partial charge in [-0.15, -0.1) is 0 Å². The van der Waals surface area contributed by atoms with Crippen LogP contribution in [0.4, 0.5) is 0 Å². The number of rotatable bonds is 28. The highest BCUT2D eigenvalue weighted by atomic mass is 16.5. The minimum atomic E-state index is 0.845. The molecule has 0 aliphatic carbocycles. The van der Waals surface area contributed by atoms with Crippen molar-refractivity contribution >= 4 is 0 Å². The van der Waals surface area contributed by atoms with E-state index in [4.69, 9.17) is 4.74 Å². The molecule has 0 saturated heterocycles. The number of hydrogen-bond acceptors (Lipinski definition) is 3. The molecule has 0 amide bonds. The van der Waals surface area contributed by atoms with Gasteiger partial charge >= 0.3 is 0 Å². The van der Waals surface area contributed by atoms with Gasteiger partial charge in [0.1, 0.15) is 0 Å². The Morgan fingerprint density at radius 1 is 0.355 bits per heavy atom. The van der Waals surface area contributed by atoms with Crippen molar-refractivity contribution in [1.82, 2.24) is 10.6 Å². The van der Waals surface area contributed by atoms with Crippen LogP contribution in [0.3, 0.4) is 0 Å². The Balaban J connectivity index is 2.98. The summed E-state index contributed by atoms with van der Waals surface area (Å²) < 4.78 is 5.71. The molecule has 0 atom stereocenters. The van der Waals surface area contributed by atoms with Crippen LogP contribution in [0, 0.1) is 0 Å². The van der Waals surface area contributed by atoms with Gasteiger partial charge < -0.3 is 15.4 Å². The summed E-state index contributed by atoms with van der Waals surface area (Å²) >= 11 is 0. The predicted octanol–water partition coefficient (Wildman–Crippen LogP) is 8.02. The van der Waals surface area contributed by atoms with E-state index in [0.29, 0.717) is 0 Å². The number of ether oxygens (including phenoxy) is 1. The van der Waals surface area contributed by atoms with Gasteiger partial charge in [0.25, 0.3) is 0 Å². The lowest BCUT2D eigenvalue weighted by Gasteiger charge is -2.08. The lowest BCUT2D eigenvalue weighted by atomic mass is 10.1. The quantitative estimate of drug-likeness (QED) is 0.121. The van der Waals surface area contributed by atoms with Crippen molar-refractivity contribution < 1.29 is 4.74 Å². The van der Waals surface area contributed by atoms with Gasteiger partial charge in [-0.2, -0.15) is 0 Å². The van der Waals surface area contributed by atoms with E-state index in [1.54, 1.807) is 0 Å². The van der Waals surface area contributed by atoms with Crippen LogP contribution in [-0.2, 0) is 4.74 Å². The molecule has 0 rings (SSSR count). The highest BCUT2D eigenvalue weighted by Crippen LogP contribution is 2.11. The van der Waals surface area contributed by atoms with E-state index in [2.05, 4.69) is 24.5 Å². The van der Waals surface area contributed by atoms with Crippen molar-refractivity contribution in [1.29, 1.82) is 0 Å². The van der Waals surface area contributed by atoms with E-state index in [-0.39, 0.29) is 0 Å². The van der Waals surface area contributed by atoms with Gasteiger partial charge in [-0.1, -0.05) is 129 Å². The average Bonchev–Trinajstić information content (AvgIpc) is 2.78. The fourth-order valence-corrected chi connectivity index (χ4v) is 4.12. The molecule has 0 spiro atoms. The maximum atomic E-state index is 5.71. The summed E-state index contributed by atoms with van der Waals surface area (Å²) in [4.78, 5) is 0. The van der Waals surface area contributed by atoms with Crippen LogP contribution in [0.15, 0.2) is 0 Å². The van der Waals surface area contributed by atoms with E-state index >= 15 is 0 Å². The molecule has 0 aromatic carbocycles. The Morgan fingerprint density at radius 3 is 0.968 bits per heavy atom. The molecule has 0 aliphatic heterocycles. The SMILES string of the molecule is CCCCCCCCCCCCNCCOCCNCCCCCCCCCCCC. The molecular weight excluding hydrogens is 380 g/mol. The molecule has 31 heavy (non-hydrogen) atoms. The zero-order valence-corrected chi connectivity index (χ0v) is 21.8. The second-order valence-corrected chi connectivity index (χ2v) is 9.48. The fourth-order valence-electron chi connectivity index (χ4n) is 4.12. The molecule has 0 unspecified atom stereocenters. The second-order valence-electron chi connectivity index (χ2n) is 9.48. The molecule has 3 nitrogen and oxygen atoms in total. The van der Waals surface area contributed by atoms with E-state index in [1.807, 2.05) is 0 Å². The van der Waals surface area contributed by atoms with Crippen LogP contribution in [0.1, 0.15) is 142 Å². The number of unbranched alkanes of at least 4 members (excludes halogenated alkanes) is 18. The van der Waals surface area contributed by atoms with Gasteiger partial charge in [0.05, 0.1) is 13.2 Å². The summed E-state index contributed by atoms with van der Waals surface area (Å²) in [5, 5.41) is 7.03. The van der Waals surface area contributed by atoms with Gasteiger partial charge in [-0.05, 0) is 25.9 Å². The third-order valence-electron chi connectivity index (χ3n) is 6.26. The van der Waals surface area contributed by atoms with Crippen molar-refractivity contribution in [2.45, 2.75) is 142 Å². The minimum Gasteiger partial charge on any atom is -0.379 e. The highest BCUT2D eigenvalue weighted by molar-refractivity contribution is 4.53. The molecule has 0 saturated carbocycles. The third kappa shape index (κ3) is 29.9.